The normalized spacial score (nSPS) is 10.7. The molecule has 0 spiro atoms. The van der Waals surface area contributed by atoms with Crippen LogP contribution in [0.5, 0.6) is 5.88 Å². The van der Waals surface area contributed by atoms with E-state index in [9.17, 15) is 18.4 Å². The van der Waals surface area contributed by atoms with E-state index in [1.165, 1.54) is 0 Å². The van der Waals surface area contributed by atoms with Crippen LogP contribution in [0.2, 0.25) is 0 Å². The van der Waals surface area contributed by atoms with E-state index in [1.807, 2.05) is 0 Å². The molecule has 8 heteroatoms. The fourth-order valence-corrected chi connectivity index (χ4v) is 1.11. The third-order valence-corrected chi connectivity index (χ3v) is 1.78. The van der Waals surface area contributed by atoms with Crippen molar-refractivity contribution in [1.82, 2.24) is 8.96 Å². The van der Waals surface area contributed by atoms with Crippen molar-refractivity contribution in [2.75, 3.05) is 0 Å². The molecule has 13 heavy (non-hydrogen) atoms. The summed E-state index contributed by atoms with van der Waals surface area (Å²) in [5.74, 6) is -3.52. The average molecular weight is 210 g/mol. The number of alkyl halides is 2. The molecule has 5 nitrogen and oxygen atoms in total. The second-order valence-corrected chi connectivity index (χ2v) is 2.89. The Kier molecular flexibility index (Phi) is 2.71. The summed E-state index contributed by atoms with van der Waals surface area (Å²) in [6, 6.07) is 0.636. The number of nitrogens with one attached hydrogen (secondary N) is 1. The zero-order chi connectivity index (χ0) is 10.0. The maximum atomic E-state index is 11.8. The lowest BCUT2D eigenvalue weighted by Gasteiger charge is -2.00. The van der Waals surface area contributed by atoms with E-state index in [0.717, 1.165) is 0 Å². The zero-order valence-corrected chi connectivity index (χ0v) is 6.85. The quantitative estimate of drug-likeness (QED) is 0.718. The van der Waals surface area contributed by atoms with Gasteiger partial charge in [0.2, 0.25) is 0 Å². The molecular weight excluding hydrogens is 206 g/mol. The smallest absolute Gasteiger partial charge is 0.341 e. The van der Waals surface area contributed by atoms with E-state index >= 15 is 0 Å². The van der Waals surface area contributed by atoms with Gasteiger partial charge in [-0.2, -0.15) is 12.8 Å². The molecule has 0 fully saturated rings. The number of aromatic amines is 1. The molecule has 0 bridgehead atoms. The van der Waals surface area contributed by atoms with Crippen LogP contribution in [0.25, 0.3) is 0 Å². The van der Waals surface area contributed by atoms with Gasteiger partial charge < -0.3 is 5.11 Å². The van der Waals surface area contributed by atoms with Crippen molar-refractivity contribution >= 4 is 11.9 Å². The Bertz CT molecular complexity index is 382. The number of hydrogen-bond donors (Lipinski definition) is 2. The third kappa shape index (κ3) is 2.31. The van der Waals surface area contributed by atoms with Crippen LogP contribution in [0.1, 0.15) is 0 Å². The lowest BCUT2D eigenvalue weighted by Crippen LogP contribution is -2.30. The first-order chi connectivity index (χ1) is 6.00. The van der Waals surface area contributed by atoms with Crippen LogP contribution >= 0.6 is 11.9 Å². The highest BCUT2D eigenvalue weighted by Gasteiger charge is 2.10. The van der Waals surface area contributed by atoms with Crippen molar-refractivity contribution in [3.8, 4) is 5.88 Å². The molecule has 0 aliphatic rings. The van der Waals surface area contributed by atoms with Crippen LogP contribution in [0.15, 0.2) is 15.7 Å². The monoisotopic (exact) mass is 210 g/mol. The third-order valence-electron chi connectivity index (χ3n) is 1.06. The van der Waals surface area contributed by atoms with Crippen molar-refractivity contribution in [3.63, 3.8) is 0 Å². The summed E-state index contributed by atoms with van der Waals surface area (Å²) in [6.45, 7) is 0. The van der Waals surface area contributed by atoms with Gasteiger partial charge in [-0.25, -0.2) is 4.79 Å². The molecule has 1 aromatic rings. The summed E-state index contributed by atoms with van der Waals surface area (Å²) in [5, 5.41) is 8.69. The Labute approximate surface area is 74.2 Å². The summed E-state index contributed by atoms with van der Waals surface area (Å²) in [4.78, 5) is 23.4. The van der Waals surface area contributed by atoms with Gasteiger partial charge in [0.15, 0.2) is 5.88 Å². The molecule has 0 saturated carbocycles. The Hall–Kier alpha value is -1.31. The number of rotatable bonds is 2. The number of H-pyrrole nitrogens is 1. The summed E-state index contributed by atoms with van der Waals surface area (Å²) in [7, 11) is 0. The summed E-state index contributed by atoms with van der Waals surface area (Å²) in [5.41, 5.74) is -2.08. The molecule has 0 aliphatic heterocycles. The lowest BCUT2D eigenvalue weighted by atomic mass is 10.6. The molecule has 0 aromatic carbocycles. The number of aromatic hydroxyl groups is 1. The number of halogens is 2. The largest absolute Gasteiger partial charge is 0.494 e. The minimum atomic E-state index is -2.87. The molecule has 0 aliphatic carbocycles. The van der Waals surface area contributed by atoms with Gasteiger partial charge in [0.1, 0.15) is 0 Å². The second kappa shape index (κ2) is 3.60. The van der Waals surface area contributed by atoms with Crippen LogP contribution in [-0.4, -0.2) is 19.8 Å². The van der Waals surface area contributed by atoms with Crippen LogP contribution in [0, 0.1) is 0 Å². The van der Waals surface area contributed by atoms with Crippen LogP contribution in [-0.2, 0) is 0 Å². The van der Waals surface area contributed by atoms with Crippen LogP contribution in [0.4, 0.5) is 8.78 Å². The fraction of sp³-hybridized carbons (Fsp3) is 0.200. The molecule has 0 radical (unpaired) electrons. The molecular formula is C5H4F2N2O3S. The minimum Gasteiger partial charge on any atom is -0.494 e. The molecule has 0 saturated heterocycles. The molecule has 72 valence electrons. The highest BCUT2D eigenvalue weighted by Crippen LogP contribution is 2.11. The highest BCUT2D eigenvalue weighted by atomic mass is 32.2. The van der Waals surface area contributed by atoms with Crippen molar-refractivity contribution in [3.05, 3.63) is 26.9 Å². The molecule has 0 atom stereocenters. The maximum Gasteiger partial charge on any atom is 0.341 e. The predicted molar refractivity (Wildman–Crippen MR) is 42.0 cm³/mol. The highest BCUT2D eigenvalue weighted by molar-refractivity contribution is 7.98. The fourth-order valence-electron chi connectivity index (χ4n) is 0.652. The summed E-state index contributed by atoms with van der Waals surface area (Å²) < 4.78 is 23.8. The SMILES string of the molecule is O=c1cc(O)[nH]c(=O)n1SC(F)F. The van der Waals surface area contributed by atoms with Crippen molar-refractivity contribution in [2.24, 2.45) is 0 Å². The zero-order valence-electron chi connectivity index (χ0n) is 6.03. The number of hydrogen-bond acceptors (Lipinski definition) is 4. The Morgan fingerprint density at radius 3 is 2.62 bits per heavy atom. The van der Waals surface area contributed by atoms with Crippen LogP contribution in [0.3, 0.4) is 0 Å². The number of nitrogens with zero attached hydrogens (tertiary/aromatic N) is 1. The van der Waals surface area contributed by atoms with E-state index in [0.29, 0.717) is 6.07 Å². The van der Waals surface area contributed by atoms with Gasteiger partial charge in [0, 0.05) is 11.9 Å². The Morgan fingerprint density at radius 1 is 1.54 bits per heavy atom. The first kappa shape index (κ1) is 9.78. The average Bonchev–Trinajstić information content (AvgIpc) is 1.96. The van der Waals surface area contributed by atoms with E-state index in [2.05, 4.69) is 0 Å². The molecule has 1 heterocycles. The van der Waals surface area contributed by atoms with E-state index in [-0.39, 0.29) is 15.9 Å². The Balaban J connectivity index is 3.22. The minimum absolute atomic E-state index is 0.224. The van der Waals surface area contributed by atoms with E-state index < -0.39 is 22.9 Å². The topological polar surface area (TPSA) is 75.1 Å². The van der Waals surface area contributed by atoms with Gasteiger partial charge in [-0.1, -0.05) is 0 Å². The van der Waals surface area contributed by atoms with Gasteiger partial charge in [-0.3, -0.25) is 9.78 Å². The Morgan fingerprint density at radius 2 is 2.15 bits per heavy atom. The molecule has 0 unspecified atom stereocenters. The first-order valence-corrected chi connectivity index (χ1v) is 3.85. The van der Waals surface area contributed by atoms with Gasteiger partial charge >= 0.3 is 11.4 Å². The van der Waals surface area contributed by atoms with E-state index in [1.54, 1.807) is 4.98 Å². The standard InChI is InChI=1S/C5H4F2N2O3S/c6-4(7)13-9-3(11)1-2(10)8-5(9)12/h1,4,10H,(H,8,12). The maximum absolute atomic E-state index is 11.8. The summed E-state index contributed by atoms with van der Waals surface area (Å²) in [6.07, 6.45) is 0. The van der Waals surface area contributed by atoms with Gasteiger partial charge in [0.25, 0.3) is 5.56 Å². The van der Waals surface area contributed by atoms with Crippen molar-refractivity contribution in [2.45, 2.75) is 5.76 Å². The summed E-state index contributed by atoms with van der Waals surface area (Å²) >= 11 is -0.224. The molecule has 2 N–H and O–H groups in total. The molecule has 1 rings (SSSR count). The van der Waals surface area contributed by atoms with Gasteiger partial charge in [-0.05, 0) is 0 Å². The van der Waals surface area contributed by atoms with Gasteiger partial charge in [0.05, 0.1) is 6.07 Å². The van der Waals surface area contributed by atoms with Crippen molar-refractivity contribution in [1.29, 1.82) is 0 Å². The predicted octanol–water partition coefficient (Wildman–Crippen LogP) is -0.0389. The second-order valence-electron chi connectivity index (χ2n) is 1.96. The van der Waals surface area contributed by atoms with Gasteiger partial charge in [-0.15, -0.1) is 0 Å². The van der Waals surface area contributed by atoms with Crippen LogP contribution < -0.4 is 11.2 Å². The first-order valence-electron chi connectivity index (χ1n) is 3.01. The van der Waals surface area contributed by atoms with Crippen molar-refractivity contribution < 1.29 is 13.9 Å². The number of aromatic nitrogens is 2. The van der Waals surface area contributed by atoms with E-state index in [4.69, 9.17) is 5.11 Å². The molecule has 1 aromatic heterocycles. The lowest BCUT2D eigenvalue weighted by molar-refractivity contribution is 0.251. The molecule has 0 amide bonds.